The Hall–Kier alpha value is -2.37. The molecule has 0 spiro atoms. The summed E-state index contributed by atoms with van der Waals surface area (Å²) in [4.78, 5) is 37.9. The molecule has 0 bridgehead atoms. The third-order valence-electron chi connectivity index (χ3n) is 3.93. The van der Waals surface area contributed by atoms with Crippen molar-refractivity contribution in [1.29, 1.82) is 0 Å². The highest BCUT2D eigenvalue weighted by Crippen LogP contribution is 2.22. The van der Waals surface area contributed by atoms with Crippen LogP contribution in [0.25, 0.3) is 0 Å². The lowest BCUT2D eigenvalue weighted by Crippen LogP contribution is -2.35. The van der Waals surface area contributed by atoms with Gasteiger partial charge in [0.1, 0.15) is 5.69 Å². The van der Waals surface area contributed by atoms with E-state index in [4.69, 9.17) is 4.74 Å². The average molecular weight is 320 g/mol. The summed E-state index contributed by atoms with van der Waals surface area (Å²) in [7, 11) is 3.02. The summed E-state index contributed by atoms with van der Waals surface area (Å²) in [6.07, 6.45) is 1.91. The molecule has 0 radical (unpaired) electrons. The van der Waals surface area contributed by atoms with Crippen LogP contribution >= 0.6 is 0 Å². The van der Waals surface area contributed by atoms with Crippen LogP contribution in [0.15, 0.2) is 12.7 Å². The Morgan fingerprint density at radius 1 is 1.30 bits per heavy atom. The van der Waals surface area contributed by atoms with Crippen molar-refractivity contribution in [1.82, 2.24) is 9.47 Å². The molecule has 0 saturated heterocycles. The quantitative estimate of drug-likeness (QED) is 0.438. The lowest BCUT2D eigenvalue weighted by atomic mass is 10.0. The number of aromatic nitrogens is 1. The molecule has 0 aliphatic carbocycles. The SMILES string of the molecule is C=CCN(CC(=O)c1c(C)c(C(=O)OC)n(C)c1C)C(=O)CC. The van der Waals surface area contributed by atoms with Gasteiger partial charge in [0.2, 0.25) is 5.91 Å². The van der Waals surface area contributed by atoms with E-state index in [1.807, 2.05) is 0 Å². The number of hydrogen-bond donors (Lipinski definition) is 0. The minimum absolute atomic E-state index is 0.0367. The molecule has 1 rings (SSSR count). The molecule has 0 unspecified atom stereocenters. The molecule has 1 amide bonds. The van der Waals surface area contributed by atoms with E-state index in [2.05, 4.69) is 6.58 Å². The van der Waals surface area contributed by atoms with Gasteiger partial charge in [-0.1, -0.05) is 13.0 Å². The first kappa shape index (κ1) is 18.7. The standard InChI is InChI=1S/C17H24N2O4/c1-7-9-19(14(21)8-2)10-13(20)15-11(3)16(17(22)23-6)18(5)12(15)4/h7H,1,8-10H2,2-6H3. The summed E-state index contributed by atoms with van der Waals surface area (Å²) in [5.41, 5.74) is 2.07. The molecular formula is C17H24N2O4. The van der Waals surface area contributed by atoms with Crippen LogP contribution < -0.4 is 0 Å². The molecule has 6 heteroatoms. The molecule has 23 heavy (non-hydrogen) atoms. The van der Waals surface area contributed by atoms with Gasteiger partial charge in [-0.3, -0.25) is 9.59 Å². The number of esters is 1. The van der Waals surface area contributed by atoms with Gasteiger partial charge < -0.3 is 14.2 Å². The van der Waals surface area contributed by atoms with Gasteiger partial charge in [-0.2, -0.15) is 0 Å². The molecule has 6 nitrogen and oxygen atoms in total. The number of ether oxygens (including phenoxy) is 1. The highest BCUT2D eigenvalue weighted by Gasteiger charge is 2.26. The number of rotatable bonds is 7. The van der Waals surface area contributed by atoms with Crippen molar-refractivity contribution in [3.63, 3.8) is 0 Å². The number of amides is 1. The molecular weight excluding hydrogens is 296 g/mol. The monoisotopic (exact) mass is 320 g/mol. The summed E-state index contributed by atoms with van der Waals surface area (Å²) in [6.45, 7) is 9.12. The molecule has 0 aromatic carbocycles. The van der Waals surface area contributed by atoms with Gasteiger partial charge in [-0.25, -0.2) is 4.79 Å². The van der Waals surface area contributed by atoms with E-state index in [0.717, 1.165) is 0 Å². The fourth-order valence-corrected chi connectivity index (χ4v) is 2.66. The second kappa shape index (κ2) is 7.76. The van der Waals surface area contributed by atoms with Crippen molar-refractivity contribution in [3.8, 4) is 0 Å². The fraction of sp³-hybridized carbons (Fsp3) is 0.471. The lowest BCUT2D eigenvalue weighted by Gasteiger charge is -2.19. The van der Waals surface area contributed by atoms with Gasteiger partial charge in [-0.05, 0) is 19.4 Å². The van der Waals surface area contributed by atoms with Crippen LogP contribution in [0, 0.1) is 13.8 Å². The van der Waals surface area contributed by atoms with E-state index in [9.17, 15) is 14.4 Å². The normalized spacial score (nSPS) is 10.3. The summed E-state index contributed by atoms with van der Waals surface area (Å²) < 4.78 is 6.42. The molecule has 1 aromatic heterocycles. The Bertz CT molecular complexity index is 644. The minimum Gasteiger partial charge on any atom is -0.464 e. The number of ketones is 1. The van der Waals surface area contributed by atoms with Crippen molar-refractivity contribution in [3.05, 3.63) is 35.2 Å². The van der Waals surface area contributed by atoms with E-state index in [-0.39, 0.29) is 18.2 Å². The molecule has 0 N–H and O–H groups in total. The summed E-state index contributed by atoms with van der Waals surface area (Å²) >= 11 is 0. The van der Waals surface area contributed by atoms with E-state index < -0.39 is 5.97 Å². The highest BCUT2D eigenvalue weighted by molar-refractivity contribution is 6.04. The maximum atomic E-state index is 12.7. The number of nitrogens with zero attached hydrogens (tertiary/aromatic N) is 2. The van der Waals surface area contributed by atoms with Crippen molar-refractivity contribution in [2.24, 2.45) is 7.05 Å². The van der Waals surface area contributed by atoms with Crippen molar-refractivity contribution in [2.75, 3.05) is 20.2 Å². The first-order valence-electron chi connectivity index (χ1n) is 7.46. The van der Waals surface area contributed by atoms with E-state index in [1.165, 1.54) is 12.0 Å². The zero-order valence-electron chi connectivity index (χ0n) is 14.4. The molecule has 0 saturated carbocycles. The number of methoxy groups -OCH3 is 1. The second-order valence-corrected chi connectivity index (χ2v) is 5.32. The molecule has 0 fully saturated rings. The Labute approximate surface area is 136 Å². The van der Waals surface area contributed by atoms with Crippen LogP contribution in [-0.4, -0.2) is 47.3 Å². The van der Waals surface area contributed by atoms with Gasteiger partial charge >= 0.3 is 5.97 Å². The maximum absolute atomic E-state index is 12.7. The summed E-state index contributed by atoms with van der Waals surface area (Å²) in [5, 5.41) is 0. The van der Waals surface area contributed by atoms with Gasteiger partial charge in [0.05, 0.1) is 13.7 Å². The number of carbonyl (C=O) groups is 3. The first-order valence-corrected chi connectivity index (χ1v) is 7.46. The van der Waals surface area contributed by atoms with E-state index in [0.29, 0.717) is 35.5 Å². The van der Waals surface area contributed by atoms with Crippen molar-refractivity contribution < 1.29 is 19.1 Å². The van der Waals surface area contributed by atoms with Gasteiger partial charge in [0.25, 0.3) is 0 Å². The second-order valence-electron chi connectivity index (χ2n) is 5.32. The highest BCUT2D eigenvalue weighted by atomic mass is 16.5. The van der Waals surface area contributed by atoms with Gasteiger partial charge in [0, 0.05) is 31.3 Å². The largest absolute Gasteiger partial charge is 0.464 e. The Morgan fingerprint density at radius 3 is 2.39 bits per heavy atom. The van der Waals surface area contributed by atoms with Gasteiger partial charge in [-0.15, -0.1) is 6.58 Å². The predicted molar refractivity (Wildman–Crippen MR) is 87.6 cm³/mol. The van der Waals surface area contributed by atoms with Crippen molar-refractivity contribution >= 4 is 17.7 Å². The van der Waals surface area contributed by atoms with Crippen LogP contribution in [0.1, 0.15) is 45.4 Å². The Balaban J connectivity index is 3.20. The third kappa shape index (κ3) is 3.70. The molecule has 1 heterocycles. The first-order chi connectivity index (χ1) is 10.8. The number of Topliss-reactive ketones (excluding diaryl/α,β-unsaturated/α-hetero) is 1. The summed E-state index contributed by atoms with van der Waals surface area (Å²) in [5.74, 6) is -0.799. The zero-order chi connectivity index (χ0) is 17.7. The predicted octanol–water partition coefficient (Wildman–Crippen LogP) is 2.04. The minimum atomic E-state index is -0.486. The van der Waals surface area contributed by atoms with Crippen LogP contribution in [-0.2, 0) is 16.6 Å². The molecule has 0 atom stereocenters. The van der Waals surface area contributed by atoms with Gasteiger partial charge in [0.15, 0.2) is 5.78 Å². The number of hydrogen-bond acceptors (Lipinski definition) is 4. The van der Waals surface area contributed by atoms with E-state index in [1.54, 1.807) is 38.5 Å². The van der Waals surface area contributed by atoms with Crippen LogP contribution in [0.2, 0.25) is 0 Å². The van der Waals surface area contributed by atoms with Crippen LogP contribution in [0.4, 0.5) is 0 Å². The van der Waals surface area contributed by atoms with Crippen molar-refractivity contribution in [2.45, 2.75) is 27.2 Å². The van der Waals surface area contributed by atoms with Crippen LogP contribution in [0.5, 0.6) is 0 Å². The van der Waals surface area contributed by atoms with E-state index >= 15 is 0 Å². The Morgan fingerprint density at radius 2 is 1.91 bits per heavy atom. The smallest absolute Gasteiger partial charge is 0.354 e. The lowest BCUT2D eigenvalue weighted by molar-refractivity contribution is -0.129. The fourth-order valence-electron chi connectivity index (χ4n) is 2.66. The average Bonchev–Trinajstić information content (AvgIpc) is 2.75. The molecule has 0 aliphatic heterocycles. The third-order valence-corrected chi connectivity index (χ3v) is 3.93. The molecule has 0 aliphatic rings. The van der Waals surface area contributed by atoms with Crippen LogP contribution in [0.3, 0.4) is 0 Å². The maximum Gasteiger partial charge on any atom is 0.354 e. The summed E-state index contributed by atoms with van der Waals surface area (Å²) in [6, 6.07) is 0. The molecule has 1 aromatic rings. The molecule has 126 valence electrons. The topological polar surface area (TPSA) is 68.6 Å². The zero-order valence-corrected chi connectivity index (χ0v) is 14.4. The Kier molecular flexibility index (Phi) is 6.30. The number of carbonyl (C=O) groups excluding carboxylic acids is 3.